The van der Waals surface area contributed by atoms with Crippen molar-refractivity contribution in [3.05, 3.63) is 11.6 Å². The molecule has 0 spiro atoms. The van der Waals surface area contributed by atoms with Crippen LogP contribution in [-0.4, -0.2) is 39.9 Å². The van der Waals surface area contributed by atoms with Gasteiger partial charge in [0.05, 0.1) is 12.7 Å². The minimum Gasteiger partial charge on any atom is -0.392 e. The highest BCUT2D eigenvalue weighted by atomic mass is 16.3. The van der Waals surface area contributed by atoms with E-state index >= 15 is 0 Å². The zero-order valence-electron chi connectivity index (χ0n) is 8.34. The molecule has 0 radical (unpaired) electrons. The van der Waals surface area contributed by atoms with Crippen molar-refractivity contribution in [1.82, 2.24) is 0 Å². The molecule has 1 aliphatic carbocycles. The highest BCUT2D eigenvalue weighted by molar-refractivity contribution is 6.00. The van der Waals surface area contributed by atoms with Gasteiger partial charge in [-0.2, -0.15) is 0 Å². The van der Waals surface area contributed by atoms with Crippen LogP contribution >= 0.6 is 0 Å². The van der Waals surface area contributed by atoms with Gasteiger partial charge in [-0.15, -0.1) is 0 Å². The number of hydrogen-bond donors (Lipinski definition) is 3. The number of rotatable bonds is 2. The van der Waals surface area contributed by atoms with E-state index < -0.39 is 30.5 Å². The van der Waals surface area contributed by atoms with Crippen LogP contribution in [0.1, 0.15) is 13.8 Å². The molecule has 0 aromatic heterocycles. The molecule has 3 atom stereocenters. The van der Waals surface area contributed by atoms with Crippen LogP contribution in [0.15, 0.2) is 11.6 Å². The van der Waals surface area contributed by atoms with Crippen LogP contribution in [0, 0.1) is 11.8 Å². The summed E-state index contributed by atoms with van der Waals surface area (Å²) < 4.78 is 0. The summed E-state index contributed by atoms with van der Waals surface area (Å²) in [7, 11) is 0. The molecule has 0 fully saturated rings. The Kier molecular flexibility index (Phi) is 3.42. The molecular weight excluding hydrogens is 184 g/mol. The molecular formula is C10H16O4. The van der Waals surface area contributed by atoms with E-state index in [2.05, 4.69) is 0 Å². The quantitative estimate of drug-likeness (QED) is 0.560. The Balaban J connectivity index is 2.96. The van der Waals surface area contributed by atoms with Gasteiger partial charge < -0.3 is 15.3 Å². The van der Waals surface area contributed by atoms with Gasteiger partial charge in [-0.3, -0.25) is 4.79 Å². The lowest BCUT2D eigenvalue weighted by atomic mass is 9.77. The molecule has 14 heavy (non-hydrogen) atoms. The van der Waals surface area contributed by atoms with Crippen molar-refractivity contribution in [3.63, 3.8) is 0 Å². The average molecular weight is 200 g/mol. The summed E-state index contributed by atoms with van der Waals surface area (Å²) in [4.78, 5) is 11.4. The van der Waals surface area contributed by atoms with E-state index in [-0.39, 0.29) is 11.5 Å². The third-order valence-electron chi connectivity index (χ3n) is 2.66. The number of aliphatic hydroxyl groups is 3. The largest absolute Gasteiger partial charge is 0.392 e. The van der Waals surface area contributed by atoms with Gasteiger partial charge in [0.2, 0.25) is 0 Å². The summed E-state index contributed by atoms with van der Waals surface area (Å²) in [5.41, 5.74) is 0.0990. The van der Waals surface area contributed by atoms with Gasteiger partial charge in [-0.05, 0) is 12.0 Å². The van der Waals surface area contributed by atoms with Crippen LogP contribution < -0.4 is 0 Å². The fraction of sp³-hybridized carbons (Fsp3) is 0.700. The third-order valence-corrected chi connectivity index (χ3v) is 2.66. The smallest absolute Gasteiger partial charge is 0.189 e. The van der Waals surface area contributed by atoms with Crippen LogP contribution in [0.2, 0.25) is 0 Å². The molecule has 0 amide bonds. The van der Waals surface area contributed by atoms with Gasteiger partial charge in [0.15, 0.2) is 5.78 Å². The zero-order valence-corrected chi connectivity index (χ0v) is 8.34. The lowest BCUT2D eigenvalue weighted by molar-refractivity contribution is -0.131. The lowest BCUT2D eigenvalue weighted by Gasteiger charge is -2.32. The number of Topliss-reactive ketones (excluding diaryl/α,β-unsaturated/α-hetero) is 1. The summed E-state index contributed by atoms with van der Waals surface area (Å²) in [6, 6.07) is 0. The molecule has 0 saturated heterocycles. The fourth-order valence-electron chi connectivity index (χ4n) is 1.84. The highest BCUT2D eigenvalue weighted by Gasteiger charge is 2.38. The van der Waals surface area contributed by atoms with Gasteiger partial charge in [-0.1, -0.05) is 13.8 Å². The Hall–Kier alpha value is -0.710. The SMILES string of the molecule is CC(C)C1C(O)C=C(CO)C(=O)C1O. The molecule has 80 valence electrons. The first-order valence-corrected chi connectivity index (χ1v) is 4.71. The molecule has 0 aromatic carbocycles. The Morgan fingerprint density at radius 3 is 2.43 bits per heavy atom. The van der Waals surface area contributed by atoms with Crippen molar-refractivity contribution in [2.45, 2.75) is 26.1 Å². The standard InChI is InChI=1S/C10H16O4/c1-5(2)8-7(12)3-6(4-11)9(13)10(8)14/h3,5,7-8,10-12,14H,4H2,1-2H3. The maximum absolute atomic E-state index is 11.4. The van der Waals surface area contributed by atoms with Gasteiger partial charge in [0.1, 0.15) is 6.10 Å². The summed E-state index contributed by atoms with van der Waals surface area (Å²) in [5.74, 6) is -0.935. The average Bonchev–Trinajstić information content (AvgIpc) is 2.10. The van der Waals surface area contributed by atoms with Gasteiger partial charge in [0, 0.05) is 11.5 Å². The number of hydrogen-bond acceptors (Lipinski definition) is 4. The van der Waals surface area contributed by atoms with Crippen molar-refractivity contribution in [2.75, 3.05) is 6.61 Å². The van der Waals surface area contributed by atoms with E-state index in [0.717, 1.165) is 0 Å². The monoisotopic (exact) mass is 200 g/mol. The number of carbonyl (C=O) groups is 1. The molecule has 0 aliphatic heterocycles. The normalized spacial score (nSPS) is 33.4. The first-order chi connectivity index (χ1) is 6.49. The molecule has 0 saturated carbocycles. The second kappa shape index (κ2) is 4.21. The van der Waals surface area contributed by atoms with Crippen LogP contribution in [0.4, 0.5) is 0 Å². The molecule has 1 rings (SSSR count). The minimum atomic E-state index is -1.20. The van der Waals surface area contributed by atoms with Crippen molar-refractivity contribution >= 4 is 5.78 Å². The first-order valence-electron chi connectivity index (χ1n) is 4.71. The predicted molar refractivity (Wildman–Crippen MR) is 50.5 cm³/mol. The van der Waals surface area contributed by atoms with E-state index in [1.165, 1.54) is 6.08 Å². The third kappa shape index (κ3) is 1.87. The minimum absolute atomic E-state index is 0.0143. The number of aliphatic hydroxyl groups excluding tert-OH is 3. The molecule has 0 heterocycles. The van der Waals surface area contributed by atoms with Crippen molar-refractivity contribution in [1.29, 1.82) is 0 Å². The first kappa shape index (κ1) is 11.4. The van der Waals surface area contributed by atoms with Gasteiger partial charge in [-0.25, -0.2) is 0 Å². The molecule has 1 aliphatic rings. The van der Waals surface area contributed by atoms with Crippen LogP contribution in [0.25, 0.3) is 0 Å². The molecule has 0 aromatic rings. The summed E-state index contributed by atoms with van der Waals surface area (Å²) in [5, 5.41) is 28.1. The molecule has 3 N–H and O–H groups in total. The molecule has 4 heteroatoms. The Bertz CT molecular complexity index is 257. The second-order valence-electron chi connectivity index (χ2n) is 3.97. The van der Waals surface area contributed by atoms with Crippen LogP contribution in [0.3, 0.4) is 0 Å². The molecule has 3 unspecified atom stereocenters. The van der Waals surface area contributed by atoms with Crippen LogP contribution in [-0.2, 0) is 4.79 Å². The molecule has 4 nitrogen and oxygen atoms in total. The van der Waals surface area contributed by atoms with Crippen molar-refractivity contribution < 1.29 is 20.1 Å². The van der Waals surface area contributed by atoms with E-state index in [0.29, 0.717) is 0 Å². The van der Waals surface area contributed by atoms with E-state index in [1.54, 1.807) is 0 Å². The zero-order chi connectivity index (χ0) is 10.9. The maximum atomic E-state index is 11.4. The highest BCUT2D eigenvalue weighted by Crippen LogP contribution is 2.27. The van der Waals surface area contributed by atoms with Crippen LogP contribution in [0.5, 0.6) is 0 Å². The van der Waals surface area contributed by atoms with E-state index in [4.69, 9.17) is 5.11 Å². The Morgan fingerprint density at radius 2 is 2.00 bits per heavy atom. The van der Waals surface area contributed by atoms with Gasteiger partial charge in [0.25, 0.3) is 0 Å². The number of ketones is 1. The lowest BCUT2D eigenvalue weighted by Crippen LogP contribution is -2.44. The second-order valence-corrected chi connectivity index (χ2v) is 3.97. The fourth-order valence-corrected chi connectivity index (χ4v) is 1.84. The van der Waals surface area contributed by atoms with Gasteiger partial charge >= 0.3 is 0 Å². The number of carbonyl (C=O) groups excluding carboxylic acids is 1. The van der Waals surface area contributed by atoms with E-state index in [9.17, 15) is 15.0 Å². The predicted octanol–water partition coefficient (Wildman–Crippen LogP) is -0.518. The summed E-state index contributed by atoms with van der Waals surface area (Å²) >= 11 is 0. The molecule has 0 bridgehead atoms. The van der Waals surface area contributed by atoms with E-state index in [1.807, 2.05) is 13.8 Å². The summed E-state index contributed by atoms with van der Waals surface area (Å²) in [6.07, 6.45) is -0.721. The topological polar surface area (TPSA) is 77.8 Å². The van der Waals surface area contributed by atoms with Crippen molar-refractivity contribution in [2.24, 2.45) is 11.8 Å². The Morgan fingerprint density at radius 1 is 1.43 bits per heavy atom. The summed E-state index contributed by atoms with van der Waals surface area (Å²) in [6.45, 7) is 3.24. The van der Waals surface area contributed by atoms with Crippen molar-refractivity contribution in [3.8, 4) is 0 Å². The maximum Gasteiger partial charge on any atom is 0.189 e. The Labute approximate surface area is 82.9 Å².